The Morgan fingerprint density at radius 1 is 0.865 bits per heavy atom. The van der Waals surface area contributed by atoms with E-state index in [1.807, 2.05) is 79.7 Å². The molecule has 0 aliphatic carbocycles. The van der Waals surface area contributed by atoms with Crippen LogP contribution in [0.2, 0.25) is 0 Å². The number of nitrogens with zero attached hydrogens (tertiary/aromatic N) is 2. The summed E-state index contributed by atoms with van der Waals surface area (Å²) in [5.74, 6) is -0.645. The topological polar surface area (TPSA) is 94.3 Å². The van der Waals surface area contributed by atoms with E-state index >= 15 is 0 Å². The number of amides is 1. The molecular weight excluding hydrogens is 466 g/mol. The number of nitrogens with one attached hydrogen (secondary N) is 1. The summed E-state index contributed by atoms with van der Waals surface area (Å²) in [4.78, 5) is 35.0. The predicted octanol–water partition coefficient (Wildman–Crippen LogP) is 6.30. The van der Waals surface area contributed by atoms with Crippen molar-refractivity contribution in [3.63, 3.8) is 0 Å². The summed E-state index contributed by atoms with van der Waals surface area (Å²) >= 11 is 0. The zero-order chi connectivity index (χ0) is 25.4. The van der Waals surface area contributed by atoms with E-state index in [4.69, 9.17) is 9.15 Å². The average Bonchev–Trinajstić information content (AvgIpc) is 3.35. The largest absolute Gasteiger partial charge is 0.452 e. The fourth-order valence-corrected chi connectivity index (χ4v) is 4.48. The number of benzene rings is 4. The SMILES string of the molecule is Cc1cc(NC(=O)COC(=O)c2cccc3cccc(-c4nc5ccccc5o4)c23)c2ccccc2n1. The predicted molar refractivity (Wildman–Crippen MR) is 142 cm³/mol. The molecule has 0 fully saturated rings. The summed E-state index contributed by atoms with van der Waals surface area (Å²) in [6, 6.07) is 27.8. The van der Waals surface area contributed by atoms with Gasteiger partial charge in [-0.25, -0.2) is 9.78 Å². The van der Waals surface area contributed by atoms with Gasteiger partial charge >= 0.3 is 5.97 Å². The number of esters is 1. The maximum Gasteiger partial charge on any atom is 0.339 e. The highest BCUT2D eigenvalue weighted by molar-refractivity contribution is 6.11. The summed E-state index contributed by atoms with van der Waals surface area (Å²) in [6.45, 7) is 1.42. The minimum atomic E-state index is -0.611. The van der Waals surface area contributed by atoms with Crippen LogP contribution < -0.4 is 5.32 Å². The smallest absolute Gasteiger partial charge is 0.339 e. The van der Waals surface area contributed by atoms with Crippen LogP contribution in [-0.4, -0.2) is 28.5 Å². The molecule has 0 atom stereocenters. The lowest BCUT2D eigenvalue weighted by molar-refractivity contribution is -0.119. The lowest BCUT2D eigenvalue weighted by Crippen LogP contribution is -2.21. The van der Waals surface area contributed by atoms with Crippen molar-refractivity contribution in [2.24, 2.45) is 0 Å². The molecule has 37 heavy (non-hydrogen) atoms. The fourth-order valence-electron chi connectivity index (χ4n) is 4.48. The van der Waals surface area contributed by atoms with Gasteiger partial charge in [-0.2, -0.15) is 0 Å². The number of pyridine rings is 1. The van der Waals surface area contributed by atoms with E-state index in [2.05, 4.69) is 15.3 Å². The van der Waals surface area contributed by atoms with Gasteiger partial charge in [-0.15, -0.1) is 0 Å². The van der Waals surface area contributed by atoms with E-state index in [0.717, 1.165) is 27.5 Å². The van der Waals surface area contributed by atoms with E-state index < -0.39 is 18.5 Å². The highest BCUT2D eigenvalue weighted by Crippen LogP contribution is 2.33. The quantitative estimate of drug-likeness (QED) is 0.287. The third-order valence-electron chi connectivity index (χ3n) is 6.10. The summed E-state index contributed by atoms with van der Waals surface area (Å²) < 4.78 is 11.4. The molecule has 7 nitrogen and oxygen atoms in total. The number of aromatic nitrogens is 2. The standard InChI is InChI=1S/C30H21N3O4/c1-18-16-25(20-10-2-3-13-23(20)31-18)32-27(34)17-36-30(35)22-12-7-9-19-8-6-11-21(28(19)22)29-33-24-14-4-5-15-26(24)37-29/h2-16H,17H2,1H3,(H,31,32,34). The van der Waals surface area contributed by atoms with Crippen molar-refractivity contribution in [1.29, 1.82) is 0 Å². The van der Waals surface area contributed by atoms with Gasteiger partial charge in [-0.3, -0.25) is 9.78 Å². The molecule has 0 unspecified atom stereocenters. The third kappa shape index (κ3) is 4.27. The summed E-state index contributed by atoms with van der Waals surface area (Å²) in [6.07, 6.45) is 0. The summed E-state index contributed by atoms with van der Waals surface area (Å²) in [5, 5.41) is 5.13. The van der Waals surface area contributed by atoms with Crippen LogP contribution in [0.25, 0.3) is 44.2 Å². The van der Waals surface area contributed by atoms with Gasteiger partial charge in [0.15, 0.2) is 12.2 Å². The molecule has 6 rings (SSSR count). The maximum absolute atomic E-state index is 13.2. The lowest BCUT2D eigenvalue weighted by Gasteiger charge is -2.12. The molecule has 0 bridgehead atoms. The number of aryl methyl sites for hydroxylation is 1. The van der Waals surface area contributed by atoms with E-state index in [1.54, 1.807) is 18.2 Å². The number of hydrogen-bond acceptors (Lipinski definition) is 6. The Hall–Kier alpha value is -5.04. The number of carbonyl (C=O) groups is 2. The molecule has 180 valence electrons. The minimum Gasteiger partial charge on any atom is -0.452 e. The highest BCUT2D eigenvalue weighted by atomic mass is 16.5. The van der Waals surface area contributed by atoms with Crippen LogP contribution in [0.3, 0.4) is 0 Å². The Morgan fingerprint density at radius 2 is 1.62 bits per heavy atom. The van der Waals surface area contributed by atoms with E-state index in [-0.39, 0.29) is 0 Å². The molecule has 0 saturated heterocycles. The first kappa shape index (κ1) is 22.4. The van der Waals surface area contributed by atoms with Crippen molar-refractivity contribution in [3.8, 4) is 11.5 Å². The first-order valence-corrected chi connectivity index (χ1v) is 11.8. The van der Waals surface area contributed by atoms with Crippen LogP contribution in [0.4, 0.5) is 5.69 Å². The number of carbonyl (C=O) groups excluding carboxylic acids is 2. The Balaban J connectivity index is 1.27. The third-order valence-corrected chi connectivity index (χ3v) is 6.10. The van der Waals surface area contributed by atoms with Gasteiger partial charge in [0.2, 0.25) is 5.89 Å². The van der Waals surface area contributed by atoms with E-state index in [1.165, 1.54) is 0 Å². The highest BCUT2D eigenvalue weighted by Gasteiger charge is 2.19. The monoisotopic (exact) mass is 487 g/mol. The van der Waals surface area contributed by atoms with Crippen LogP contribution in [-0.2, 0) is 9.53 Å². The molecule has 2 aromatic heterocycles. The Labute approximate surface area is 211 Å². The molecule has 7 heteroatoms. The van der Waals surface area contributed by atoms with Crippen molar-refractivity contribution < 1.29 is 18.7 Å². The van der Waals surface area contributed by atoms with Gasteiger partial charge in [0, 0.05) is 22.0 Å². The maximum atomic E-state index is 13.2. The average molecular weight is 488 g/mol. The van der Waals surface area contributed by atoms with Gasteiger partial charge in [0.1, 0.15) is 5.52 Å². The molecule has 0 aliphatic rings. The molecule has 0 saturated carbocycles. The van der Waals surface area contributed by atoms with Gasteiger partial charge in [0.25, 0.3) is 5.91 Å². The Morgan fingerprint density at radius 3 is 2.46 bits per heavy atom. The number of anilines is 1. The number of ether oxygens (including phenoxy) is 1. The summed E-state index contributed by atoms with van der Waals surface area (Å²) in [5.41, 5.74) is 4.55. The van der Waals surface area contributed by atoms with Crippen molar-refractivity contribution in [2.45, 2.75) is 6.92 Å². The van der Waals surface area contributed by atoms with Crippen molar-refractivity contribution in [1.82, 2.24) is 9.97 Å². The van der Waals surface area contributed by atoms with Gasteiger partial charge in [-0.1, -0.05) is 54.6 Å². The van der Waals surface area contributed by atoms with Gasteiger partial charge in [0.05, 0.1) is 16.8 Å². The number of rotatable bonds is 5. The second-order valence-corrected chi connectivity index (χ2v) is 8.65. The molecule has 4 aromatic carbocycles. The molecule has 0 spiro atoms. The van der Waals surface area contributed by atoms with Crippen molar-refractivity contribution in [2.75, 3.05) is 11.9 Å². The zero-order valence-electron chi connectivity index (χ0n) is 19.9. The summed E-state index contributed by atoms with van der Waals surface area (Å²) in [7, 11) is 0. The van der Waals surface area contributed by atoms with Crippen molar-refractivity contribution in [3.05, 3.63) is 102 Å². The molecule has 6 aromatic rings. The van der Waals surface area contributed by atoms with E-state index in [0.29, 0.717) is 33.7 Å². The number of oxazole rings is 1. The molecule has 0 aliphatic heterocycles. The van der Waals surface area contributed by atoms with E-state index in [9.17, 15) is 9.59 Å². The molecular formula is C30H21N3O4. The van der Waals surface area contributed by atoms with Gasteiger partial charge < -0.3 is 14.5 Å². The molecule has 2 heterocycles. The van der Waals surface area contributed by atoms with Crippen LogP contribution in [0.1, 0.15) is 16.1 Å². The molecule has 1 N–H and O–H groups in total. The second-order valence-electron chi connectivity index (χ2n) is 8.65. The normalized spacial score (nSPS) is 11.2. The first-order chi connectivity index (χ1) is 18.1. The van der Waals surface area contributed by atoms with Gasteiger partial charge in [-0.05, 0) is 48.7 Å². The molecule has 0 radical (unpaired) electrons. The van der Waals surface area contributed by atoms with Crippen LogP contribution in [0.5, 0.6) is 0 Å². The van der Waals surface area contributed by atoms with Crippen molar-refractivity contribution >= 4 is 50.3 Å². The second kappa shape index (κ2) is 9.20. The number of hydrogen-bond donors (Lipinski definition) is 1. The lowest BCUT2D eigenvalue weighted by atomic mass is 9.99. The number of fused-ring (bicyclic) bond motifs is 3. The van der Waals surface area contributed by atoms with Crippen LogP contribution in [0, 0.1) is 6.92 Å². The minimum absolute atomic E-state index is 0.327. The van der Waals surface area contributed by atoms with Crippen LogP contribution >= 0.6 is 0 Å². The Kier molecular flexibility index (Phi) is 5.58. The fraction of sp³-hybridized carbons (Fsp3) is 0.0667. The first-order valence-electron chi connectivity index (χ1n) is 11.8. The Bertz CT molecular complexity index is 1780. The molecule has 1 amide bonds. The zero-order valence-corrected chi connectivity index (χ0v) is 19.9. The van der Waals surface area contributed by atoms with Crippen LogP contribution in [0.15, 0.2) is 95.4 Å². The number of para-hydroxylation sites is 3.